The van der Waals surface area contributed by atoms with Gasteiger partial charge in [0.2, 0.25) is 0 Å². The van der Waals surface area contributed by atoms with Gasteiger partial charge in [-0.15, -0.1) is 0 Å². The molecule has 338 valence electrons. The summed E-state index contributed by atoms with van der Waals surface area (Å²) in [5.74, 6) is -5.36. The number of fused-ring (bicyclic) bond motifs is 5. The topological polar surface area (TPSA) is 319 Å². The molecule has 4 aliphatic rings. The number of aliphatic hydroxyl groups excluding tert-OH is 3. The van der Waals surface area contributed by atoms with Crippen LogP contribution in [-0.4, -0.2) is 127 Å². The van der Waals surface area contributed by atoms with Crippen molar-refractivity contribution in [2.24, 2.45) is 16.7 Å². The summed E-state index contributed by atoms with van der Waals surface area (Å²) in [6.45, 7) is 11.8. The smallest absolute Gasteiger partial charge is 0.408 e. The summed E-state index contributed by atoms with van der Waals surface area (Å²) >= 11 is 0. The lowest BCUT2D eigenvalue weighted by atomic mass is 9.44. The zero-order chi connectivity index (χ0) is 42.7. The number of ether oxygens (including phenoxy) is 5. The van der Waals surface area contributed by atoms with E-state index in [1.54, 1.807) is 83.1 Å². The van der Waals surface area contributed by atoms with Crippen molar-refractivity contribution in [2.45, 2.75) is 128 Å². The van der Waals surface area contributed by atoms with Gasteiger partial charge in [0.15, 0.2) is 17.5 Å². The normalized spacial score (nSPS) is 32.0. The lowest BCUT2D eigenvalue weighted by molar-refractivity contribution is -0.346. The summed E-state index contributed by atoms with van der Waals surface area (Å²) in [5, 5.41) is 51.6. The van der Waals surface area contributed by atoms with E-state index in [1.165, 1.54) is 26.0 Å². The van der Waals surface area contributed by atoms with Gasteiger partial charge in [0, 0.05) is 25.2 Å². The van der Waals surface area contributed by atoms with Crippen molar-refractivity contribution in [3.63, 3.8) is 0 Å². The Bertz CT molecular complexity index is 1980. The van der Waals surface area contributed by atoms with E-state index in [-0.39, 0.29) is 46.2 Å². The van der Waals surface area contributed by atoms with Crippen LogP contribution in [0.15, 0.2) is 71.8 Å². The minimum Gasteiger partial charge on any atom is -0.456 e. The van der Waals surface area contributed by atoms with Gasteiger partial charge < -0.3 is 65.9 Å². The van der Waals surface area contributed by atoms with Crippen molar-refractivity contribution in [3.8, 4) is 0 Å². The lowest BCUT2D eigenvalue weighted by Gasteiger charge is -2.67. The number of esters is 3. The van der Waals surface area contributed by atoms with Crippen molar-refractivity contribution < 1.29 is 84.5 Å². The third-order valence-corrected chi connectivity index (χ3v) is 12.6. The molecule has 1 aliphatic heterocycles. The highest BCUT2D eigenvalue weighted by Gasteiger charge is 2.78. The molecule has 2 aromatic carbocycles. The van der Waals surface area contributed by atoms with Crippen LogP contribution in [-0.2, 0) is 38.1 Å². The minimum absolute atomic E-state index is 0. The van der Waals surface area contributed by atoms with E-state index >= 15 is 0 Å². The number of aliphatic hydroxyl groups is 4. The second-order valence-electron chi connectivity index (χ2n) is 17.6. The molecule has 11 atom stereocenters. The number of amides is 1. The monoisotopic (exact) mass is 861 g/mol. The molecule has 18 heteroatoms. The van der Waals surface area contributed by atoms with Crippen LogP contribution in [0.4, 0.5) is 4.79 Å². The number of Topliss-reactive ketones (excluding diaryl/α,β-unsaturated/α-hetero) is 1. The first-order valence-corrected chi connectivity index (χ1v) is 19.3. The van der Waals surface area contributed by atoms with Crippen LogP contribution in [0.1, 0.15) is 90.2 Å². The van der Waals surface area contributed by atoms with Crippen molar-refractivity contribution in [2.75, 3.05) is 6.61 Å². The van der Waals surface area contributed by atoms with Crippen LogP contribution in [0.25, 0.3) is 0 Å². The van der Waals surface area contributed by atoms with E-state index in [0.717, 1.165) is 6.92 Å². The fourth-order valence-corrected chi connectivity index (χ4v) is 9.56. The first-order valence-electron chi connectivity index (χ1n) is 19.3. The number of hydrogen-bond donors (Lipinski definition) is 5. The van der Waals surface area contributed by atoms with Gasteiger partial charge in [-0.3, -0.25) is 9.59 Å². The molecule has 2 bridgehead atoms. The fourth-order valence-electron chi connectivity index (χ4n) is 9.56. The predicted octanol–water partition coefficient (Wildman–Crippen LogP) is 0.786. The predicted molar refractivity (Wildman–Crippen MR) is 214 cm³/mol. The molecule has 1 heterocycles. The summed E-state index contributed by atoms with van der Waals surface area (Å²) in [4.78, 5) is 68.9. The maximum Gasteiger partial charge on any atom is 0.408 e. The first-order chi connectivity index (χ1) is 27.0. The number of hydrogen-bond acceptors (Lipinski definition) is 14. The van der Waals surface area contributed by atoms with Gasteiger partial charge in [-0.1, -0.05) is 62.4 Å². The van der Waals surface area contributed by atoms with Crippen LogP contribution in [0.5, 0.6) is 0 Å². The summed E-state index contributed by atoms with van der Waals surface area (Å²) in [6.07, 6.45) is -11.5. The van der Waals surface area contributed by atoms with Crippen LogP contribution in [0, 0.1) is 16.7 Å². The lowest BCUT2D eigenvalue weighted by Crippen LogP contribution is -2.81. The van der Waals surface area contributed by atoms with Gasteiger partial charge >= 0.3 is 24.0 Å². The zero-order valence-corrected chi connectivity index (χ0v) is 35.4. The molecule has 0 aromatic heterocycles. The number of carbonyl (C=O) groups is 5. The third-order valence-electron chi connectivity index (χ3n) is 12.6. The molecule has 2 saturated carbocycles. The number of nitrogens with one attached hydrogen (secondary N) is 1. The maximum absolute atomic E-state index is 14.9. The molecule has 0 radical (unpaired) electrons. The molecule has 1 saturated heterocycles. The second-order valence-corrected chi connectivity index (χ2v) is 17.6. The Labute approximate surface area is 353 Å². The van der Waals surface area contributed by atoms with Gasteiger partial charge in [-0.25, -0.2) is 14.4 Å². The Morgan fingerprint density at radius 3 is 2.02 bits per heavy atom. The van der Waals surface area contributed by atoms with Crippen LogP contribution < -0.4 is 5.32 Å². The molecule has 6 rings (SSSR count). The Kier molecular flexibility index (Phi) is 14.8. The number of rotatable bonds is 8. The third kappa shape index (κ3) is 8.55. The van der Waals surface area contributed by atoms with Crippen molar-refractivity contribution in [3.05, 3.63) is 82.9 Å². The van der Waals surface area contributed by atoms with E-state index in [1.807, 2.05) is 0 Å². The second kappa shape index (κ2) is 17.9. The van der Waals surface area contributed by atoms with Gasteiger partial charge in [-0.05, 0) is 63.5 Å². The summed E-state index contributed by atoms with van der Waals surface area (Å²) < 4.78 is 29.5. The fraction of sp³-hybridized carbons (Fsp3) is 0.558. The molecule has 18 nitrogen and oxygen atoms in total. The summed E-state index contributed by atoms with van der Waals surface area (Å²) in [6, 6.07) is 14.6. The number of carbonyl (C=O) groups excluding carboxylic acids is 5. The van der Waals surface area contributed by atoms with Gasteiger partial charge in [0.25, 0.3) is 0 Å². The molecule has 11 N–H and O–H groups in total. The molecule has 3 fully saturated rings. The molecule has 2 aromatic rings. The van der Waals surface area contributed by atoms with E-state index in [2.05, 4.69) is 5.32 Å². The van der Waals surface area contributed by atoms with Crippen LogP contribution in [0.3, 0.4) is 0 Å². The van der Waals surface area contributed by atoms with Crippen molar-refractivity contribution in [1.29, 1.82) is 0 Å². The Morgan fingerprint density at radius 2 is 1.49 bits per heavy atom. The van der Waals surface area contributed by atoms with Gasteiger partial charge in [-0.2, -0.15) is 0 Å². The van der Waals surface area contributed by atoms with E-state index in [0.29, 0.717) is 5.56 Å². The Morgan fingerprint density at radius 1 is 0.918 bits per heavy atom. The first kappa shape index (κ1) is 50.6. The van der Waals surface area contributed by atoms with E-state index < -0.39 is 112 Å². The quantitative estimate of drug-likeness (QED) is 0.139. The zero-order valence-electron chi connectivity index (χ0n) is 35.4. The van der Waals surface area contributed by atoms with E-state index in [4.69, 9.17) is 23.7 Å². The average molecular weight is 862 g/mol. The van der Waals surface area contributed by atoms with Gasteiger partial charge in [0.05, 0.1) is 35.6 Å². The molecule has 3 aliphatic carbocycles. The van der Waals surface area contributed by atoms with Gasteiger partial charge in [0.1, 0.15) is 35.6 Å². The number of alkyl carbamates (subject to hydrolysis) is 1. The van der Waals surface area contributed by atoms with Crippen LogP contribution >= 0.6 is 0 Å². The molecular formula is C43H59NO17. The van der Waals surface area contributed by atoms with Crippen molar-refractivity contribution >= 4 is 29.8 Å². The maximum atomic E-state index is 14.9. The van der Waals surface area contributed by atoms with Crippen molar-refractivity contribution in [1.82, 2.24) is 5.32 Å². The Balaban J connectivity index is 0.00000331. The highest BCUT2D eigenvalue weighted by molar-refractivity contribution is 5.94. The highest BCUT2D eigenvalue weighted by Crippen LogP contribution is 2.64. The van der Waals surface area contributed by atoms with Crippen LogP contribution in [0.2, 0.25) is 0 Å². The Hall–Kier alpha value is -4.79. The average Bonchev–Trinajstić information content (AvgIpc) is 3.14. The summed E-state index contributed by atoms with van der Waals surface area (Å²) in [7, 11) is 0. The highest BCUT2D eigenvalue weighted by atomic mass is 16.6. The number of benzene rings is 2. The summed E-state index contributed by atoms with van der Waals surface area (Å²) in [5.41, 5.74) is -8.14. The minimum atomic E-state index is -2.35. The molecule has 61 heavy (non-hydrogen) atoms. The molecule has 1 amide bonds. The van der Waals surface area contributed by atoms with E-state index in [9.17, 15) is 44.4 Å². The molecule has 0 unspecified atom stereocenters. The number of ketones is 1. The molecule has 0 spiro atoms. The standard InChI is InChI=1S/C43H53NO14.3H2O/c1-22-26(55-37(51)32(48)30(24-15-11-9-12-16-24)44-38(52)58-39(3,4)5)20-43(53)35(56-36(50)25-17-13-10-14-18-25)33-41(8,34(49)31(47)29(22)40(43,6)7)27(46)19-28-42(33,21-54-28)57-23(2)45;;;/h9-18,26-28,30-33,35,46-48,53H,19-21H2,1-8H3,(H,44,52);3*1H2/t26-,27-,28+,30-,31+,32+,33-,35-,41+,42-,43-;;;/m0.../s1. The largest absolute Gasteiger partial charge is 0.456 e. The molecular weight excluding hydrogens is 802 g/mol. The SMILES string of the molecule is CC(=O)O[C@@]12CO[C@@H]1C[C@H](O)[C@@]1(C)C(=O)[C@H](O)C3=C(C)[C@@H](OC(=O)[C@H](O)[C@@H](NC(=O)OC(C)(C)C)c4ccccc4)C[C@](O)([C@@H](OC(=O)c4ccccc4)[C@H]21)C3(C)C.O.O.O.